The number of aryl methyl sites for hydroxylation is 1. The van der Waals surface area contributed by atoms with Crippen LogP contribution in [0.25, 0.3) is 11.0 Å². The predicted molar refractivity (Wildman–Crippen MR) is 65.3 cm³/mol. The van der Waals surface area contributed by atoms with Gasteiger partial charge in [-0.15, -0.1) is 0 Å². The van der Waals surface area contributed by atoms with E-state index in [1.54, 1.807) is 25.3 Å². The molecule has 5 heteroatoms. The highest BCUT2D eigenvalue weighted by molar-refractivity contribution is 6.32. The zero-order valence-electron chi connectivity index (χ0n) is 9.57. The van der Waals surface area contributed by atoms with E-state index in [2.05, 4.69) is 4.74 Å². The second-order valence-electron chi connectivity index (χ2n) is 3.27. The SMILES string of the molecule is CCOC=O.Cc1coc2cc(Cl)c(O)cc12. The molecule has 1 aromatic heterocycles. The molecule has 1 N–H and O–H groups in total. The molecule has 0 aliphatic rings. The number of benzene rings is 1. The highest BCUT2D eigenvalue weighted by atomic mass is 35.5. The van der Waals surface area contributed by atoms with Crippen LogP contribution in [0, 0.1) is 6.92 Å². The molecule has 0 unspecified atom stereocenters. The van der Waals surface area contributed by atoms with Crippen molar-refractivity contribution in [2.75, 3.05) is 6.61 Å². The third-order valence-electron chi connectivity index (χ3n) is 2.07. The van der Waals surface area contributed by atoms with Gasteiger partial charge in [-0.05, 0) is 25.5 Å². The Morgan fingerprint density at radius 2 is 2.24 bits per heavy atom. The highest BCUT2D eigenvalue weighted by Gasteiger charge is 2.06. The summed E-state index contributed by atoms with van der Waals surface area (Å²) in [4.78, 5) is 9.18. The van der Waals surface area contributed by atoms with Gasteiger partial charge < -0.3 is 14.3 Å². The minimum atomic E-state index is 0.0914. The summed E-state index contributed by atoms with van der Waals surface area (Å²) in [7, 11) is 0. The van der Waals surface area contributed by atoms with Crippen molar-refractivity contribution in [2.24, 2.45) is 0 Å². The van der Waals surface area contributed by atoms with E-state index in [-0.39, 0.29) is 5.75 Å². The topological polar surface area (TPSA) is 59.7 Å². The van der Waals surface area contributed by atoms with E-state index < -0.39 is 0 Å². The van der Waals surface area contributed by atoms with Gasteiger partial charge in [-0.25, -0.2) is 0 Å². The average molecular weight is 257 g/mol. The maximum Gasteiger partial charge on any atom is 0.293 e. The molecule has 0 spiro atoms. The van der Waals surface area contributed by atoms with Crippen molar-refractivity contribution in [3.63, 3.8) is 0 Å². The molecule has 1 aromatic carbocycles. The quantitative estimate of drug-likeness (QED) is 0.838. The summed E-state index contributed by atoms with van der Waals surface area (Å²) in [6, 6.07) is 3.22. The van der Waals surface area contributed by atoms with Crippen LogP contribution >= 0.6 is 11.6 Å². The Labute approximate surface area is 104 Å². The van der Waals surface area contributed by atoms with Gasteiger partial charge in [0.2, 0.25) is 0 Å². The highest BCUT2D eigenvalue weighted by Crippen LogP contribution is 2.31. The molecule has 92 valence electrons. The van der Waals surface area contributed by atoms with E-state index in [9.17, 15) is 9.90 Å². The molecular weight excluding hydrogens is 244 g/mol. The molecule has 0 amide bonds. The lowest BCUT2D eigenvalue weighted by molar-refractivity contribution is -0.128. The third-order valence-corrected chi connectivity index (χ3v) is 2.37. The summed E-state index contributed by atoms with van der Waals surface area (Å²) >= 11 is 5.69. The fourth-order valence-corrected chi connectivity index (χ4v) is 1.39. The second kappa shape index (κ2) is 6.15. The number of hydrogen-bond acceptors (Lipinski definition) is 4. The van der Waals surface area contributed by atoms with Gasteiger partial charge in [0.15, 0.2) is 0 Å². The first-order valence-corrected chi connectivity index (χ1v) is 5.39. The Kier molecular flexibility index (Phi) is 4.84. The summed E-state index contributed by atoms with van der Waals surface area (Å²) in [5.74, 6) is 0.0914. The Bertz CT molecular complexity index is 504. The van der Waals surface area contributed by atoms with Crippen molar-refractivity contribution in [2.45, 2.75) is 13.8 Å². The van der Waals surface area contributed by atoms with Gasteiger partial charge in [0, 0.05) is 11.5 Å². The molecule has 0 aliphatic heterocycles. The molecule has 17 heavy (non-hydrogen) atoms. The van der Waals surface area contributed by atoms with Crippen molar-refractivity contribution in [3.8, 4) is 5.75 Å². The summed E-state index contributed by atoms with van der Waals surface area (Å²) in [6.07, 6.45) is 1.64. The average Bonchev–Trinajstić information content (AvgIpc) is 2.64. The number of carbonyl (C=O) groups is 1. The standard InChI is InChI=1S/C9H7ClO2.C3H6O2/c1-5-4-12-9-3-7(10)8(11)2-6(5)9;1-2-5-3-4/h2-4,11H,1H3;3H,2H2,1H3. The van der Waals surface area contributed by atoms with Crippen LogP contribution in [-0.4, -0.2) is 18.2 Å². The Morgan fingerprint density at radius 3 is 2.76 bits per heavy atom. The molecule has 0 bridgehead atoms. The predicted octanol–water partition coefficient (Wildman–Crippen LogP) is 3.28. The number of phenolic OH excluding ortho intramolecular Hbond substituents is 1. The number of rotatable bonds is 2. The fraction of sp³-hybridized carbons (Fsp3) is 0.250. The zero-order chi connectivity index (χ0) is 12.8. The number of phenols is 1. The van der Waals surface area contributed by atoms with Crippen molar-refractivity contribution in [1.82, 2.24) is 0 Å². The van der Waals surface area contributed by atoms with Gasteiger partial charge in [-0.2, -0.15) is 0 Å². The first kappa shape index (κ1) is 13.4. The molecule has 4 nitrogen and oxygen atoms in total. The van der Waals surface area contributed by atoms with Gasteiger partial charge in [-0.1, -0.05) is 11.6 Å². The van der Waals surface area contributed by atoms with Crippen LogP contribution in [0.5, 0.6) is 5.75 Å². The number of halogens is 1. The fourth-order valence-electron chi connectivity index (χ4n) is 1.23. The van der Waals surface area contributed by atoms with E-state index in [0.29, 0.717) is 23.7 Å². The minimum absolute atomic E-state index is 0.0914. The van der Waals surface area contributed by atoms with Gasteiger partial charge in [0.05, 0.1) is 17.9 Å². The van der Waals surface area contributed by atoms with Crippen LogP contribution < -0.4 is 0 Å². The van der Waals surface area contributed by atoms with Crippen LogP contribution in [0.3, 0.4) is 0 Å². The van der Waals surface area contributed by atoms with E-state index >= 15 is 0 Å². The Morgan fingerprint density at radius 1 is 1.53 bits per heavy atom. The maximum absolute atomic E-state index is 9.29. The third kappa shape index (κ3) is 3.39. The van der Waals surface area contributed by atoms with Crippen molar-refractivity contribution >= 4 is 29.0 Å². The smallest absolute Gasteiger partial charge is 0.293 e. The van der Waals surface area contributed by atoms with Crippen molar-refractivity contribution in [3.05, 3.63) is 29.0 Å². The van der Waals surface area contributed by atoms with Gasteiger partial charge in [0.1, 0.15) is 11.3 Å². The summed E-state index contributed by atoms with van der Waals surface area (Å²) < 4.78 is 9.34. The number of aromatic hydroxyl groups is 1. The number of ether oxygens (including phenoxy) is 1. The van der Waals surface area contributed by atoms with Crippen molar-refractivity contribution < 1.29 is 19.1 Å². The maximum atomic E-state index is 9.29. The largest absolute Gasteiger partial charge is 0.506 e. The van der Waals surface area contributed by atoms with Crippen LogP contribution in [0.15, 0.2) is 22.8 Å². The van der Waals surface area contributed by atoms with Crippen LogP contribution in [-0.2, 0) is 9.53 Å². The number of hydrogen-bond donors (Lipinski definition) is 1. The van der Waals surface area contributed by atoms with Gasteiger partial charge >= 0.3 is 0 Å². The molecule has 0 saturated carbocycles. The lowest BCUT2D eigenvalue weighted by Gasteiger charge is -1.95. The first-order chi connectivity index (χ1) is 8.10. The molecule has 0 radical (unpaired) electrons. The van der Waals surface area contributed by atoms with Crippen molar-refractivity contribution in [1.29, 1.82) is 0 Å². The minimum Gasteiger partial charge on any atom is -0.506 e. The monoisotopic (exact) mass is 256 g/mol. The Hall–Kier alpha value is -1.68. The molecule has 0 aliphatic carbocycles. The van der Waals surface area contributed by atoms with Crippen LogP contribution in [0.2, 0.25) is 5.02 Å². The van der Waals surface area contributed by atoms with E-state index in [4.69, 9.17) is 16.0 Å². The number of carbonyl (C=O) groups excluding carboxylic acids is 1. The lowest BCUT2D eigenvalue weighted by Crippen LogP contribution is -1.80. The molecule has 2 aromatic rings. The molecule has 0 atom stereocenters. The zero-order valence-corrected chi connectivity index (χ0v) is 10.3. The molecule has 0 fully saturated rings. The van der Waals surface area contributed by atoms with E-state index in [1.165, 1.54) is 0 Å². The molecular formula is C12H13ClO4. The molecule has 2 rings (SSSR count). The van der Waals surface area contributed by atoms with Crippen LogP contribution in [0.1, 0.15) is 12.5 Å². The Balaban J connectivity index is 0.000000249. The summed E-state index contributed by atoms with van der Waals surface area (Å²) in [5.41, 5.74) is 1.70. The number of fused-ring (bicyclic) bond motifs is 1. The number of furan rings is 1. The van der Waals surface area contributed by atoms with E-state index in [1.807, 2.05) is 6.92 Å². The molecule has 1 heterocycles. The van der Waals surface area contributed by atoms with Crippen LogP contribution in [0.4, 0.5) is 0 Å². The second-order valence-corrected chi connectivity index (χ2v) is 3.68. The first-order valence-electron chi connectivity index (χ1n) is 5.01. The van der Waals surface area contributed by atoms with Gasteiger partial charge in [0.25, 0.3) is 6.47 Å². The summed E-state index contributed by atoms with van der Waals surface area (Å²) in [6.45, 7) is 4.58. The molecule has 0 saturated heterocycles. The van der Waals surface area contributed by atoms with Gasteiger partial charge in [-0.3, -0.25) is 4.79 Å². The van der Waals surface area contributed by atoms with E-state index in [0.717, 1.165) is 10.9 Å². The lowest BCUT2D eigenvalue weighted by atomic mass is 10.2. The summed E-state index contributed by atoms with van der Waals surface area (Å²) in [5, 5.41) is 10.5. The normalized spacial score (nSPS) is 9.59.